The van der Waals surface area contributed by atoms with Gasteiger partial charge in [-0.15, -0.1) is 0 Å². The lowest BCUT2D eigenvalue weighted by Crippen LogP contribution is -2.29. The second-order valence-electron chi connectivity index (χ2n) is 6.54. The second kappa shape index (κ2) is 11.1. The molecule has 0 spiro atoms. The SMILES string of the molecule is CCOc1ccc(COC(=O)N=C(NC(=O)c2c(-c3ccccc3)noc2C)SC)cc1. The van der Waals surface area contributed by atoms with E-state index in [0.29, 0.717) is 18.1 Å². The maximum absolute atomic E-state index is 12.9. The van der Waals surface area contributed by atoms with Crippen LogP contribution in [0.1, 0.15) is 28.6 Å². The maximum Gasteiger partial charge on any atom is 0.436 e. The summed E-state index contributed by atoms with van der Waals surface area (Å²) in [7, 11) is 0. The maximum atomic E-state index is 12.9. The van der Waals surface area contributed by atoms with Crippen molar-refractivity contribution in [2.24, 2.45) is 4.99 Å². The van der Waals surface area contributed by atoms with Gasteiger partial charge in [-0.25, -0.2) is 4.79 Å². The molecule has 2 amide bonds. The fourth-order valence-corrected chi connectivity index (χ4v) is 3.19. The average molecular weight is 454 g/mol. The summed E-state index contributed by atoms with van der Waals surface area (Å²) in [6.07, 6.45) is 0.881. The van der Waals surface area contributed by atoms with Crippen LogP contribution in [0.2, 0.25) is 0 Å². The van der Waals surface area contributed by atoms with Crippen molar-refractivity contribution in [1.82, 2.24) is 10.5 Å². The molecule has 3 aromatic rings. The van der Waals surface area contributed by atoms with Gasteiger partial charge >= 0.3 is 6.09 Å². The lowest BCUT2D eigenvalue weighted by molar-refractivity contribution is 0.0977. The van der Waals surface area contributed by atoms with E-state index in [4.69, 9.17) is 14.0 Å². The van der Waals surface area contributed by atoms with Crippen molar-refractivity contribution in [3.63, 3.8) is 0 Å². The van der Waals surface area contributed by atoms with Crippen molar-refractivity contribution < 1.29 is 23.6 Å². The Morgan fingerprint density at radius 2 is 1.84 bits per heavy atom. The molecule has 1 aromatic heterocycles. The molecular formula is C23H23N3O5S. The molecule has 2 aromatic carbocycles. The quantitative estimate of drug-likeness (QED) is 0.421. The number of benzene rings is 2. The van der Waals surface area contributed by atoms with Crippen LogP contribution in [0.25, 0.3) is 11.3 Å². The minimum absolute atomic E-state index is 0.0489. The van der Waals surface area contributed by atoms with Crippen molar-refractivity contribution in [3.05, 3.63) is 71.5 Å². The molecule has 0 aliphatic heterocycles. The first-order chi connectivity index (χ1) is 15.5. The normalized spacial score (nSPS) is 11.2. The molecule has 0 saturated heterocycles. The highest BCUT2D eigenvalue weighted by Crippen LogP contribution is 2.25. The number of aromatic nitrogens is 1. The minimum atomic E-state index is -0.811. The van der Waals surface area contributed by atoms with E-state index in [1.807, 2.05) is 37.3 Å². The molecule has 1 heterocycles. The van der Waals surface area contributed by atoms with Gasteiger partial charge in [0, 0.05) is 5.56 Å². The Morgan fingerprint density at radius 3 is 2.50 bits per heavy atom. The van der Waals surface area contributed by atoms with Crippen molar-refractivity contribution in [2.75, 3.05) is 12.9 Å². The zero-order chi connectivity index (χ0) is 22.9. The van der Waals surface area contributed by atoms with E-state index in [2.05, 4.69) is 15.5 Å². The number of carbonyl (C=O) groups excluding carboxylic acids is 2. The number of nitrogens with one attached hydrogen (secondary N) is 1. The highest BCUT2D eigenvalue weighted by molar-refractivity contribution is 8.13. The number of rotatable bonds is 6. The van der Waals surface area contributed by atoms with Gasteiger partial charge in [0.1, 0.15) is 29.4 Å². The van der Waals surface area contributed by atoms with E-state index in [1.54, 1.807) is 37.4 Å². The summed E-state index contributed by atoms with van der Waals surface area (Å²) >= 11 is 1.11. The summed E-state index contributed by atoms with van der Waals surface area (Å²) < 4.78 is 15.8. The first kappa shape index (κ1) is 23.1. The number of hydrogen-bond acceptors (Lipinski definition) is 7. The standard InChI is InChI=1S/C23H23N3O5S/c1-4-29-18-12-10-16(11-13-18)14-30-23(28)25-22(32-3)24-21(27)19-15(2)31-26-20(19)17-8-6-5-7-9-17/h5-13H,4,14H2,1-3H3,(H,24,25,27,28). The molecule has 8 nitrogen and oxygen atoms in total. The number of aliphatic imine (C=N–C) groups is 1. The summed E-state index contributed by atoms with van der Waals surface area (Å²) in [5.41, 5.74) is 2.23. The number of hydrogen-bond donors (Lipinski definition) is 1. The third-order valence-corrected chi connectivity index (χ3v) is 4.92. The number of nitrogens with zero attached hydrogens (tertiary/aromatic N) is 2. The Hall–Kier alpha value is -3.59. The van der Waals surface area contributed by atoms with E-state index in [-0.39, 0.29) is 17.3 Å². The van der Waals surface area contributed by atoms with Gasteiger partial charge in [-0.3, -0.25) is 4.79 Å². The topological polar surface area (TPSA) is 103 Å². The summed E-state index contributed by atoms with van der Waals surface area (Å²) in [6.45, 7) is 4.18. The number of aryl methyl sites for hydroxylation is 1. The fraction of sp³-hybridized carbons (Fsp3) is 0.217. The fourth-order valence-electron chi connectivity index (χ4n) is 2.83. The molecule has 1 N–H and O–H groups in total. The van der Waals surface area contributed by atoms with Crippen molar-refractivity contribution in [1.29, 1.82) is 0 Å². The van der Waals surface area contributed by atoms with E-state index in [0.717, 1.165) is 28.6 Å². The minimum Gasteiger partial charge on any atom is -0.494 e. The van der Waals surface area contributed by atoms with Gasteiger partial charge in [-0.05, 0) is 37.8 Å². The summed E-state index contributed by atoms with van der Waals surface area (Å²) in [5, 5.41) is 6.73. The van der Waals surface area contributed by atoms with E-state index < -0.39 is 12.0 Å². The van der Waals surface area contributed by atoms with Gasteiger partial charge in [0.2, 0.25) is 0 Å². The van der Waals surface area contributed by atoms with Crippen LogP contribution in [0.3, 0.4) is 0 Å². The summed E-state index contributed by atoms with van der Waals surface area (Å²) in [4.78, 5) is 28.9. The second-order valence-corrected chi connectivity index (χ2v) is 7.33. The zero-order valence-electron chi connectivity index (χ0n) is 18.0. The van der Waals surface area contributed by atoms with Crippen LogP contribution in [0.4, 0.5) is 4.79 Å². The number of ether oxygens (including phenoxy) is 2. The Balaban J connectivity index is 1.65. The molecule has 0 unspecified atom stereocenters. The van der Waals surface area contributed by atoms with Crippen molar-refractivity contribution >= 4 is 28.9 Å². The smallest absolute Gasteiger partial charge is 0.436 e. The first-order valence-corrected chi connectivity index (χ1v) is 11.1. The highest BCUT2D eigenvalue weighted by Gasteiger charge is 2.22. The van der Waals surface area contributed by atoms with Crippen LogP contribution < -0.4 is 10.1 Å². The Labute approximate surface area is 190 Å². The molecule has 32 heavy (non-hydrogen) atoms. The van der Waals surface area contributed by atoms with Crippen LogP contribution in [0.5, 0.6) is 5.75 Å². The molecular weight excluding hydrogens is 430 g/mol. The van der Waals surface area contributed by atoms with Gasteiger partial charge in [0.05, 0.1) is 6.61 Å². The molecule has 0 aliphatic rings. The average Bonchev–Trinajstić information content (AvgIpc) is 3.20. The molecule has 0 atom stereocenters. The van der Waals surface area contributed by atoms with Gasteiger partial charge in [0.15, 0.2) is 5.17 Å². The molecule has 0 radical (unpaired) electrons. The number of amides is 2. The van der Waals surface area contributed by atoms with E-state index in [1.165, 1.54) is 0 Å². The predicted molar refractivity (Wildman–Crippen MR) is 123 cm³/mol. The van der Waals surface area contributed by atoms with Crippen LogP contribution in [0, 0.1) is 6.92 Å². The molecule has 0 saturated carbocycles. The Morgan fingerprint density at radius 1 is 1.12 bits per heavy atom. The molecule has 166 valence electrons. The highest BCUT2D eigenvalue weighted by atomic mass is 32.2. The molecule has 3 rings (SSSR count). The monoisotopic (exact) mass is 453 g/mol. The van der Waals surface area contributed by atoms with E-state index >= 15 is 0 Å². The number of carbonyl (C=O) groups is 2. The summed E-state index contributed by atoms with van der Waals surface area (Å²) in [5.74, 6) is 0.627. The Kier molecular flexibility index (Phi) is 8.04. The third kappa shape index (κ3) is 5.98. The van der Waals surface area contributed by atoms with Gasteiger partial charge in [0.25, 0.3) is 5.91 Å². The lowest BCUT2D eigenvalue weighted by Gasteiger charge is -2.08. The summed E-state index contributed by atoms with van der Waals surface area (Å²) in [6, 6.07) is 16.4. The van der Waals surface area contributed by atoms with Crippen LogP contribution >= 0.6 is 11.8 Å². The number of thioether (sulfide) groups is 1. The molecule has 0 aliphatic carbocycles. The Bertz CT molecular complexity index is 1090. The zero-order valence-corrected chi connectivity index (χ0v) is 18.8. The first-order valence-electron chi connectivity index (χ1n) is 9.86. The van der Waals surface area contributed by atoms with Crippen LogP contribution in [0.15, 0.2) is 64.1 Å². The van der Waals surface area contributed by atoms with Gasteiger partial charge < -0.3 is 19.3 Å². The lowest BCUT2D eigenvalue weighted by atomic mass is 10.1. The molecule has 0 bridgehead atoms. The van der Waals surface area contributed by atoms with Crippen LogP contribution in [-0.4, -0.2) is 35.2 Å². The predicted octanol–water partition coefficient (Wildman–Crippen LogP) is 4.83. The molecule has 0 fully saturated rings. The third-order valence-electron chi connectivity index (χ3n) is 4.34. The van der Waals surface area contributed by atoms with Crippen LogP contribution in [-0.2, 0) is 11.3 Å². The largest absolute Gasteiger partial charge is 0.494 e. The number of amidine groups is 1. The van der Waals surface area contributed by atoms with E-state index in [9.17, 15) is 9.59 Å². The van der Waals surface area contributed by atoms with Gasteiger partial charge in [-0.2, -0.15) is 4.99 Å². The van der Waals surface area contributed by atoms with Crippen molar-refractivity contribution in [3.8, 4) is 17.0 Å². The van der Waals surface area contributed by atoms with Crippen molar-refractivity contribution in [2.45, 2.75) is 20.5 Å². The van der Waals surface area contributed by atoms with Gasteiger partial charge in [-0.1, -0.05) is 59.4 Å². The molecule has 9 heteroatoms.